The lowest BCUT2D eigenvalue weighted by Crippen LogP contribution is -2.29. The van der Waals surface area contributed by atoms with Crippen LogP contribution in [0.25, 0.3) is 11.3 Å². The largest absolute Gasteiger partial charge is 0.491 e. The van der Waals surface area contributed by atoms with Crippen LogP contribution in [0.3, 0.4) is 0 Å². The molecule has 0 fully saturated rings. The number of aliphatic hydroxyl groups excluding tert-OH is 1. The molecule has 1 aromatic heterocycles. The van der Waals surface area contributed by atoms with Gasteiger partial charge in [0.2, 0.25) is 0 Å². The van der Waals surface area contributed by atoms with Gasteiger partial charge in [0.25, 0.3) is 0 Å². The first-order valence-electron chi connectivity index (χ1n) is 8.37. The van der Waals surface area contributed by atoms with Gasteiger partial charge in [0.05, 0.1) is 5.69 Å². The van der Waals surface area contributed by atoms with E-state index in [0.717, 1.165) is 16.8 Å². The topological polar surface area (TPSA) is 90.3 Å². The molecule has 1 heterocycles. The maximum Gasteiger partial charge on any atom is 0.135 e. The van der Waals surface area contributed by atoms with Crippen LogP contribution in [0.15, 0.2) is 36.4 Å². The van der Waals surface area contributed by atoms with Crippen molar-refractivity contribution in [2.75, 3.05) is 25.5 Å². The summed E-state index contributed by atoms with van der Waals surface area (Å²) in [5.41, 5.74) is 2.47. The fraction of sp³-hybridized carbons (Fsp3) is 0.368. The van der Waals surface area contributed by atoms with Crippen molar-refractivity contribution in [3.63, 3.8) is 0 Å². The average Bonchev–Trinajstić information content (AvgIpc) is 2.60. The highest BCUT2D eigenvalue weighted by Gasteiger charge is 2.09. The van der Waals surface area contributed by atoms with Crippen LogP contribution in [-0.2, 0) is 0 Å². The molecule has 134 valence electrons. The molecule has 0 aliphatic carbocycles. The molecule has 6 nitrogen and oxygen atoms in total. The normalized spacial score (nSPS) is 12.0. The molecule has 0 aliphatic heterocycles. The van der Waals surface area contributed by atoms with Gasteiger partial charge >= 0.3 is 0 Å². The number of aliphatic hydroxyl groups is 1. The summed E-state index contributed by atoms with van der Waals surface area (Å²) in [6.07, 6.45) is 0.741. The Morgan fingerprint density at radius 2 is 2.08 bits per heavy atom. The quantitative estimate of drug-likeness (QED) is 0.526. The van der Waals surface area contributed by atoms with E-state index in [1.54, 1.807) is 7.05 Å². The Bertz CT molecular complexity index is 704. The first-order valence-corrected chi connectivity index (χ1v) is 8.37. The standard InChI is InChI=1S/C19H26N4O2/c1-13(2)22-19-15(10-20)7-8-18(23-19)14-5-4-6-17(9-14)25-12-16(24)11-21-3/h4-10,13,16,20-21,24H,11-12H2,1-3H3,(H,22,23). The van der Waals surface area contributed by atoms with Gasteiger partial charge in [-0.2, -0.15) is 0 Å². The van der Waals surface area contributed by atoms with Crippen molar-refractivity contribution in [1.82, 2.24) is 10.3 Å². The highest BCUT2D eigenvalue weighted by atomic mass is 16.5. The molecule has 0 aliphatic rings. The van der Waals surface area contributed by atoms with Crippen molar-refractivity contribution in [2.24, 2.45) is 0 Å². The molecule has 6 heteroatoms. The van der Waals surface area contributed by atoms with Gasteiger partial charge in [0, 0.05) is 29.9 Å². The third-order valence-corrected chi connectivity index (χ3v) is 3.52. The van der Waals surface area contributed by atoms with Crippen LogP contribution < -0.4 is 15.4 Å². The molecule has 0 saturated heterocycles. The molecule has 0 bridgehead atoms. The van der Waals surface area contributed by atoms with Crippen molar-refractivity contribution in [2.45, 2.75) is 26.0 Å². The third kappa shape index (κ3) is 5.55. The molecule has 0 amide bonds. The van der Waals surface area contributed by atoms with Gasteiger partial charge in [0.1, 0.15) is 24.3 Å². The lowest BCUT2D eigenvalue weighted by molar-refractivity contribution is 0.108. The van der Waals surface area contributed by atoms with Gasteiger partial charge in [-0.15, -0.1) is 0 Å². The Balaban J connectivity index is 2.20. The Hall–Kier alpha value is -2.44. The van der Waals surface area contributed by atoms with Crippen molar-refractivity contribution in [3.8, 4) is 17.0 Å². The summed E-state index contributed by atoms with van der Waals surface area (Å²) in [7, 11) is 1.79. The second kappa shape index (κ2) is 9.15. The molecule has 0 spiro atoms. The molecule has 2 rings (SSSR count). The number of likely N-dealkylation sites (N-methyl/N-ethyl adjacent to an activating group) is 1. The van der Waals surface area contributed by atoms with E-state index in [9.17, 15) is 5.11 Å². The Morgan fingerprint density at radius 3 is 2.76 bits per heavy atom. The first kappa shape index (κ1) is 18.9. The minimum atomic E-state index is -0.555. The minimum Gasteiger partial charge on any atom is -0.491 e. The molecule has 2 aromatic rings. The van der Waals surface area contributed by atoms with Crippen LogP contribution >= 0.6 is 0 Å². The number of hydrogen-bond acceptors (Lipinski definition) is 6. The molecular formula is C19H26N4O2. The molecule has 1 aromatic carbocycles. The number of benzene rings is 1. The first-order chi connectivity index (χ1) is 12.0. The number of anilines is 1. The van der Waals surface area contributed by atoms with Crippen molar-refractivity contribution in [1.29, 1.82) is 5.41 Å². The fourth-order valence-electron chi connectivity index (χ4n) is 2.37. The molecule has 25 heavy (non-hydrogen) atoms. The van der Waals surface area contributed by atoms with Crippen LogP contribution in [0.4, 0.5) is 5.82 Å². The van der Waals surface area contributed by atoms with Crippen LogP contribution in [0, 0.1) is 5.41 Å². The van der Waals surface area contributed by atoms with E-state index in [-0.39, 0.29) is 12.6 Å². The van der Waals surface area contributed by atoms with E-state index in [1.807, 2.05) is 50.2 Å². The van der Waals surface area contributed by atoms with Crippen molar-refractivity contribution < 1.29 is 9.84 Å². The average molecular weight is 342 g/mol. The fourth-order valence-corrected chi connectivity index (χ4v) is 2.37. The SMILES string of the molecule is CNCC(O)COc1cccc(-c2ccc(C=N)c(NC(C)C)n2)c1. The zero-order valence-electron chi connectivity index (χ0n) is 14.9. The zero-order chi connectivity index (χ0) is 18.2. The van der Waals surface area contributed by atoms with E-state index >= 15 is 0 Å². The van der Waals surface area contributed by atoms with E-state index < -0.39 is 6.10 Å². The summed E-state index contributed by atoms with van der Waals surface area (Å²) in [5.74, 6) is 1.38. The summed E-state index contributed by atoms with van der Waals surface area (Å²) in [6, 6.07) is 11.6. The van der Waals surface area contributed by atoms with Crippen molar-refractivity contribution in [3.05, 3.63) is 42.0 Å². The Labute approximate surface area is 148 Å². The van der Waals surface area contributed by atoms with Crippen LogP contribution in [0.2, 0.25) is 0 Å². The number of nitrogens with one attached hydrogen (secondary N) is 3. The number of nitrogens with zero attached hydrogens (tertiary/aromatic N) is 1. The maximum absolute atomic E-state index is 9.75. The van der Waals surface area contributed by atoms with Crippen LogP contribution in [0.5, 0.6) is 5.75 Å². The molecule has 1 atom stereocenters. The van der Waals surface area contributed by atoms with Gasteiger partial charge in [-0.1, -0.05) is 12.1 Å². The number of aromatic nitrogens is 1. The number of hydrogen-bond donors (Lipinski definition) is 4. The third-order valence-electron chi connectivity index (χ3n) is 3.52. The van der Waals surface area contributed by atoms with E-state index in [4.69, 9.17) is 10.1 Å². The Morgan fingerprint density at radius 1 is 1.28 bits per heavy atom. The second-order valence-electron chi connectivity index (χ2n) is 6.13. The highest BCUT2D eigenvalue weighted by molar-refractivity contribution is 5.85. The lowest BCUT2D eigenvalue weighted by atomic mass is 10.1. The predicted molar refractivity (Wildman–Crippen MR) is 102 cm³/mol. The molecule has 0 saturated carbocycles. The van der Waals surface area contributed by atoms with Gasteiger partial charge < -0.3 is 25.9 Å². The van der Waals surface area contributed by atoms with E-state index in [1.165, 1.54) is 6.21 Å². The smallest absolute Gasteiger partial charge is 0.135 e. The molecule has 1 unspecified atom stereocenters. The minimum absolute atomic E-state index is 0.227. The van der Waals surface area contributed by atoms with Crippen LogP contribution in [0.1, 0.15) is 19.4 Å². The van der Waals surface area contributed by atoms with E-state index in [0.29, 0.717) is 18.1 Å². The maximum atomic E-state index is 9.75. The predicted octanol–water partition coefficient (Wildman–Crippen LogP) is 2.53. The molecule has 4 N–H and O–H groups in total. The van der Waals surface area contributed by atoms with Crippen molar-refractivity contribution >= 4 is 12.0 Å². The molecular weight excluding hydrogens is 316 g/mol. The van der Waals surface area contributed by atoms with Gasteiger partial charge in [-0.3, -0.25) is 0 Å². The van der Waals surface area contributed by atoms with E-state index in [2.05, 4.69) is 15.6 Å². The second-order valence-corrected chi connectivity index (χ2v) is 6.13. The summed E-state index contributed by atoms with van der Waals surface area (Å²) >= 11 is 0. The highest BCUT2D eigenvalue weighted by Crippen LogP contribution is 2.25. The van der Waals surface area contributed by atoms with Gasteiger partial charge in [0.15, 0.2) is 0 Å². The zero-order valence-corrected chi connectivity index (χ0v) is 14.9. The van der Waals surface area contributed by atoms with Gasteiger partial charge in [-0.05, 0) is 45.2 Å². The summed E-state index contributed by atoms with van der Waals surface area (Å²) in [5, 5.41) is 23.4. The van der Waals surface area contributed by atoms with Crippen LogP contribution in [-0.4, -0.2) is 48.7 Å². The summed E-state index contributed by atoms with van der Waals surface area (Å²) in [6.45, 7) is 4.78. The summed E-state index contributed by atoms with van der Waals surface area (Å²) < 4.78 is 5.65. The van der Waals surface area contributed by atoms with Gasteiger partial charge in [-0.25, -0.2) is 4.98 Å². The summed E-state index contributed by atoms with van der Waals surface area (Å²) in [4.78, 5) is 4.64. The number of rotatable bonds is 9. The number of ether oxygens (including phenoxy) is 1. The number of pyridine rings is 1. The Kier molecular flexibility index (Phi) is 6.91. The molecule has 0 radical (unpaired) electrons. The monoisotopic (exact) mass is 342 g/mol. The lowest BCUT2D eigenvalue weighted by Gasteiger charge is -2.14.